The number of esters is 1. The first-order valence-electron chi connectivity index (χ1n) is 6.94. The summed E-state index contributed by atoms with van der Waals surface area (Å²) in [6, 6.07) is 11.5. The Hall–Kier alpha value is -2.73. The van der Waals surface area contributed by atoms with Gasteiger partial charge in [-0.15, -0.1) is 0 Å². The highest BCUT2D eigenvalue weighted by molar-refractivity contribution is 6.30. The van der Waals surface area contributed by atoms with E-state index in [4.69, 9.17) is 16.3 Å². The lowest BCUT2D eigenvalue weighted by molar-refractivity contribution is -0.141. The number of hydrogen-bond acceptors (Lipinski definition) is 4. The molecule has 0 unspecified atom stereocenters. The van der Waals surface area contributed by atoms with Gasteiger partial charge >= 0.3 is 5.97 Å². The lowest BCUT2D eigenvalue weighted by Gasteiger charge is -2.07. The molecule has 2 rings (SSSR count). The van der Waals surface area contributed by atoms with Gasteiger partial charge in [-0.2, -0.15) is 0 Å². The third kappa shape index (κ3) is 4.89. The molecule has 24 heavy (non-hydrogen) atoms. The Morgan fingerprint density at radius 3 is 2.38 bits per heavy atom. The zero-order valence-corrected chi connectivity index (χ0v) is 13.2. The summed E-state index contributed by atoms with van der Waals surface area (Å²) >= 11 is 5.71. The van der Waals surface area contributed by atoms with Crippen molar-refractivity contribution in [2.45, 2.75) is 0 Å². The van der Waals surface area contributed by atoms with Crippen molar-refractivity contribution in [1.29, 1.82) is 0 Å². The van der Waals surface area contributed by atoms with Crippen molar-refractivity contribution in [3.05, 3.63) is 70.5 Å². The van der Waals surface area contributed by atoms with Gasteiger partial charge in [0.05, 0.1) is 5.56 Å². The van der Waals surface area contributed by atoms with Gasteiger partial charge in [0.15, 0.2) is 12.4 Å². The fourth-order valence-corrected chi connectivity index (χ4v) is 1.94. The van der Waals surface area contributed by atoms with Crippen LogP contribution < -0.4 is 5.32 Å². The van der Waals surface area contributed by atoms with Crippen molar-refractivity contribution >= 4 is 29.3 Å². The molecule has 0 fully saturated rings. The normalized spacial score (nSPS) is 10.1. The Bertz CT molecular complexity index is 761. The van der Waals surface area contributed by atoms with E-state index in [2.05, 4.69) is 5.32 Å². The zero-order valence-electron chi connectivity index (χ0n) is 12.4. The summed E-state index contributed by atoms with van der Waals surface area (Å²) in [6.45, 7) is -0.933. The average Bonchev–Trinajstić information content (AvgIpc) is 2.58. The second kappa shape index (κ2) is 8.21. The number of rotatable bonds is 6. The fraction of sp³-hybridized carbons (Fsp3) is 0.118. The minimum Gasteiger partial charge on any atom is -0.456 e. The third-order valence-electron chi connectivity index (χ3n) is 3.04. The van der Waals surface area contributed by atoms with Crippen LogP contribution >= 0.6 is 11.6 Å². The van der Waals surface area contributed by atoms with Crippen LogP contribution in [-0.2, 0) is 9.53 Å². The third-order valence-corrected chi connectivity index (χ3v) is 3.29. The van der Waals surface area contributed by atoms with E-state index in [0.717, 1.165) is 6.07 Å². The Morgan fingerprint density at radius 1 is 1.04 bits per heavy atom. The molecule has 0 heterocycles. The molecule has 5 nitrogen and oxygen atoms in total. The number of amides is 1. The molecule has 2 aromatic carbocycles. The van der Waals surface area contributed by atoms with Crippen LogP contribution in [0.5, 0.6) is 0 Å². The van der Waals surface area contributed by atoms with E-state index in [9.17, 15) is 18.8 Å². The van der Waals surface area contributed by atoms with Crippen molar-refractivity contribution in [2.75, 3.05) is 13.2 Å². The van der Waals surface area contributed by atoms with Gasteiger partial charge in [0, 0.05) is 10.6 Å². The second-order valence-corrected chi connectivity index (χ2v) is 5.19. The number of carbonyl (C=O) groups excluding carboxylic acids is 3. The average molecular weight is 350 g/mol. The van der Waals surface area contributed by atoms with Crippen molar-refractivity contribution < 1.29 is 23.5 Å². The van der Waals surface area contributed by atoms with E-state index in [0.29, 0.717) is 10.6 Å². The molecule has 0 spiro atoms. The van der Waals surface area contributed by atoms with Gasteiger partial charge < -0.3 is 10.1 Å². The van der Waals surface area contributed by atoms with Gasteiger partial charge in [0.25, 0.3) is 5.91 Å². The Morgan fingerprint density at radius 2 is 1.71 bits per heavy atom. The van der Waals surface area contributed by atoms with Gasteiger partial charge in [-0.3, -0.25) is 14.4 Å². The minimum atomic E-state index is -0.804. The standard InChI is InChI=1S/C17H13ClFNO4/c18-12-7-5-11(6-8-12)15(21)10-24-16(22)9-20-17(23)13-3-1-2-4-14(13)19/h1-8H,9-10H2,(H,20,23). The van der Waals surface area contributed by atoms with Gasteiger partial charge in [0.2, 0.25) is 0 Å². The maximum Gasteiger partial charge on any atom is 0.325 e. The maximum atomic E-state index is 13.4. The van der Waals surface area contributed by atoms with E-state index in [1.807, 2.05) is 0 Å². The number of carbonyl (C=O) groups is 3. The quantitative estimate of drug-likeness (QED) is 0.642. The first-order chi connectivity index (χ1) is 11.5. The van der Waals surface area contributed by atoms with Crippen LogP contribution in [0.15, 0.2) is 48.5 Å². The molecule has 0 saturated carbocycles. The predicted molar refractivity (Wildman–Crippen MR) is 85.5 cm³/mol. The number of nitrogens with one attached hydrogen (secondary N) is 1. The van der Waals surface area contributed by atoms with Crippen LogP contribution in [0.25, 0.3) is 0 Å². The molecule has 0 aliphatic carbocycles. The lowest BCUT2D eigenvalue weighted by Crippen LogP contribution is -2.32. The summed E-state index contributed by atoms with van der Waals surface area (Å²) in [5, 5.41) is 2.71. The zero-order chi connectivity index (χ0) is 17.5. The number of benzene rings is 2. The monoisotopic (exact) mass is 349 g/mol. The molecule has 0 bridgehead atoms. The van der Waals surface area contributed by atoms with Crippen LogP contribution in [0, 0.1) is 5.82 Å². The summed E-state index contributed by atoms with van der Waals surface area (Å²) in [7, 11) is 0. The van der Waals surface area contributed by atoms with E-state index in [-0.39, 0.29) is 5.56 Å². The predicted octanol–water partition coefficient (Wildman–Crippen LogP) is 2.64. The number of ether oxygens (including phenoxy) is 1. The molecule has 0 atom stereocenters. The van der Waals surface area contributed by atoms with Crippen molar-refractivity contribution in [3.8, 4) is 0 Å². The van der Waals surface area contributed by atoms with E-state index < -0.39 is 36.6 Å². The van der Waals surface area contributed by atoms with Crippen LogP contribution in [0.3, 0.4) is 0 Å². The second-order valence-electron chi connectivity index (χ2n) is 4.75. The molecule has 1 amide bonds. The number of ketones is 1. The fourth-order valence-electron chi connectivity index (χ4n) is 1.81. The maximum absolute atomic E-state index is 13.4. The van der Waals surface area contributed by atoms with Crippen molar-refractivity contribution in [3.63, 3.8) is 0 Å². The largest absolute Gasteiger partial charge is 0.456 e. The highest BCUT2D eigenvalue weighted by Gasteiger charge is 2.14. The molecule has 1 N–H and O–H groups in total. The van der Waals surface area contributed by atoms with Gasteiger partial charge in [-0.05, 0) is 36.4 Å². The Labute approximate surface area is 142 Å². The summed E-state index contributed by atoms with van der Waals surface area (Å²) in [4.78, 5) is 35.1. The summed E-state index contributed by atoms with van der Waals surface area (Å²) < 4.78 is 18.2. The SMILES string of the molecule is O=C(CNC(=O)c1ccccc1F)OCC(=O)c1ccc(Cl)cc1. The van der Waals surface area contributed by atoms with Gasteiger partial charge in [-0.1, -0.05) is 23.7 Å². The highest BCUT2D eigenvalue weighted by Crippen LogP contribution is 2.10. The summed E-state index contributed by atoms with van der Waals surface area (Å²) in [5.74, 6) is -2.64. The highest BCUT2D eigenvalue weighted by atomic mass is 35.5. The molecule has 0 aromatic heterocycles. The van der Waals surface area contributed by atoms with Gasteiger partial charge in [-0.25, -0.2) is 4.39 Å². The van der Waals surface area contributed by atoms with E-state index >= 15 is 0 Å². The first kappa shape index (κ1) is 17.6. The molecule has 7 heteroatoms. The molecule has 124 valence electrons. The number of hydrogen-bond donors (Lipinski definition) is 1. The smallest absolute Gasteiger partial charge is 0.325 e. The Kier molecular flexibility index (Phi) is 6.03. The Balaban J connectivity index is 1.79. The lowest BCUT2D eigenvalue weighted by atomic mass is 10.1. The molecule has 0 aliphatic heterocycles. The van der Waals surface area contributed by atoms with Crippen molar-refractivity contribution in [1.82, 2.24) is 5.32 Å². The topological polar surface area (TPSA) is 72.5 Å². The summed E-state index contributed by atoms with van der Waals surface area (Å²) in [5.41, 5.74) is 0.171. The summed E-state index contributed by atoms with van der Waals surface area (Å²) in [6.07, 6.45) is 0. The number of halogens is 2. The first-order valence-corrected chi connectivity index (χ1v) is 7.32. The van der Waals surface area contributed by atoms with Crippen molar-refractivity contribution in [2.24, 2.45) is 0 Å². The van der Waals surface area contributed by atoms with E-state index in [1.165, 1.54) is 30.3 Å². The van der Waals surface area contributed by atoms with Gasteiger partial charge in [0.1, 0.15) is 12.4 Å². The van der Waals surface area contributed by atoms with Crippen LogP contribution in [0.1, 0.15) is 20.7 Å². The number of Topliss-reactive ketones (excluding diaryl/α,β-unsaturated/α-hetero) is 1. The molecule has 0 saturated heterocycles. The van der Waals surface area contributed by atoms with Crippen LogP contribution in [0.2, 0.25) is 5.02 Å². The molecule has 0 aliphatic rings. The molecule has 2 aromatic rings. The van der Waals surface area contributed by atoms with Crippen LogP contribution in [-0.4, -0.2) is 30.8 Å². The molecular weight excluding hydrogens is 337 g/mol. The molecule has 0 radical (unpaired) electrons. The van der Waals surface area contributed by atoms with Crippen LogP contribution in [0.4, 0.5) is 4.39 Å². The minimum absolute atomic E-state index is 0.178. The molecular formula is C17H13ClFNO4. The van der Waals surface area contributed by atoms with E-state index in [1.54, 1.807) is 12.1 Å².